The van der Waals surface area contributed by atoms with Crippen LogP contribution in [0.25, 0.3) is 0 Å². The molecule has 1 fully saturated rings. The van der Waals surface area contributed by atoms with E-state index < -0.39 is 11.9 Å². The van der Waals surface area contributed by atoms with Gasteiger partial charge < -0.3 is 5.11 Å². The van der Waals surface area contributed by atoms with E-state index in [1.807, 2.05) is 0 Å². The number of rotatable bonds is 2. The van der Waals surface area contributed by atoms with Gasteiger partial charge in [-0.15, -0.1) is 0 Å². The first-order chi connectivity index (χ1) is 5.15. The Kier molecular flexibility index (Phi) is 2.38. The summed E-state index contributed by atoms with van der Waals surface area (Å²) >= 11 is 1.28. The van der Waals surface area contributed by atoms with Gasteiger partial charge in [-0.3, -0.25) is 13.9 Å². The van der Waals surface area contributed by atoms with Crippen molar-refractivity contribution in [1.82, 2.24) is 4.31 Å². The first-order valence-electron chi connectivity index (χ1n) is 3.22. The summed E-state index contributed by atoms with van der Waals surface area (Å²) in [6, 6.07) is 0. The number of carbonyl (C=O) groups excluding carboxylic acids is 1. The smallest absolute Gasteiger partial charge is 0.308 e. The number of hydrogen-bond donors (Lipinski definition) is 1. The molecule has 1 unspecified atom stereocenters. The molecule has 4 nitrogen and oxygen atoms in total. The van der Waals surface area contributed by atoms with Crippen LogP contribution in [0.15, 0.2) is 0 Å². The standard InChI is InChI=1S/C6H9NO3S/c1-11-7-3-4(6(9)10)2-5(7)8/h4H,2-3H2,1H3,(H,9,10). The van der Waals surface area contributed by atoms with Gasteiger partial charge in [0.25, 0.3) is 0 Å². The fraction of sp³-hybridized carbons (Fsp3) is 0.667. The normalized spacial score (nSPS) is 24.3. The number of hydrogen-bond acceptors (Lipinski definition) is 3. The molecule has 1 N–H and O–H groups in total. The Bertz CT molecular complexity index is 194. The Hall–Kier alpha value is -0.710. The topological polar surface area (TPSA) is 57.6 Å². The summed E-state index contributed by atoms with van der Waals surface area (Å²) in [6.45, 7) is 0.343. The van der Waals surface area contributed by atoms with Gasteiger partial charge in [-0.05, 0) is 0 Å². The van der Waals surface area contributed by atoms with Crippen molar-refractivity contribution < 1.29 is 14.7 Å². The molecule has 0 aromatic carbocycles. The second kappa shape index (κ2) is 3.13. The van der Waals surface area contributed by atoms with Crippen LogP contribution in [0.2, 0.25) is 0 Å². The highest BCUT2D eigenvalue weighted by Crippen LogP contribution is 2.22. The summed E-state index contributed by atoms with van der Waals surface area (Å²) in [4.78, 5) is 21.4. The molecule has 0 radical (unpaired) electrons. The minimum absolute atomic E-state index is 0.0788. The summed E-state index contributed by atoms with van der Waals surface area (Å²) in [6.07, 6.45) is 1.91. The van der Waals surface area contributed by atoms with Crippen molar-refractivity contribution >= 4 is 23.8 Å². The van der Waals surface area contributed by atoms with E-state index in [1.165, 1.54) is 16.3 Å². The molecule has 1 aliphatic heterocycles. The van der Waals surface area contributed by atoms with Crippen LogP contribution in [0.5, 0.6) is 0 Å². The highest BCUT2D eigenvalue weighted by Gasteiger charge is 2.33. The van der Waals surface area contributed by atoms with E-state index in [9.17, 15) is 9.59 Å². The number of aliphatic carboxylic acids is 1. The van der Waals surface area contributed by atoms with E-state index in [2.05, 4.69) is 0 Å². The predicted octanol–water partition coefficient (Wildman–Crippen LogP) is 0.197. The Labute approximate surface area is 68.7 Å². The molecule has 0 aliphatic carbocycles. The van der Waals surface area contributed by atoms with Gasteiger partial charge in [-0.1, -0.05) is 11.9 Å². The van der Waals surface area contributed by atoms with E-state index in [0.29, 0.717) is 6.54 Å². The molecular formula is C6H9NO3S. The van der Waals surface area contributed by atoms with Crippen molar-refractivity contribution in [2.75, 3.05) is 12.8 Å². The van der Waals surface area contributed by atoms with Crippen molar-refractivity contribution in [2.45, 2.75) is 6.42 Å². The summed E-state index contributed by atoms with van der Waals surface area (Å²) in [7, 11) is 0. The molecule has 1 amide bonds. The molecule has 1 rings (SSSR count). The van der Waals surface area contributed by atoms with Crippen molar-refractivity contribution in [3.63, 3.8) is 0 Å². The molecule has 5 heteroatoms. The average molecular weight is 175 g/mol. The highest BCUT2D eigenvalue weighted by atomic mass is 32.2. The Balaban J connectivity index is 2.56. The van der Waals surface area contributed by atoms with Gasteiger partial charge in [0.1, 0.15) is 0 Å². The summed E-state index contributed by atoms with van der Waals surface area (Å²) in [5, 5.41) is 8.56. The molecule has 0 spiro atoms. The number of nitrogens with zero attached hydrogens (tertiary/aromatic N) is 1. The third-order valence-electron chi connectivity index (χ3n) is 1.66. The van der Waals surface area contributed by atoms with Crippen LogP contribution in [-0.4, -0.2) is 34.1 Å². The van der Waals surface area contributed by atoms with Gasteiger partial charge in [-0.2, -0.15) is 0 Å². The second-order valence-electron chi connectivity index (χ2n) is 2.38. The maximum absolute atomic E-state index is 11.0. The first-order valence-corrected chi connectivity index (χ1v) is 4.40. The van der Waals surface area contributed by atoms with Gasteiger partial charge in [0.2, 0.25) is 5.91 Å². The largest absolute Gasteiger partial charge is 0.481 e. The van der Waals surface area contributed by atoms with Gasteiger partial charge in [0.05, 0.1) is 5.92 Å². The van der Waals surface area contributed by atoms with Gasteiger partial charge in [0, 0.05) is 19.2 Å². The maximum Gasteiger partial charge on any atom is 0.308 e. The lowest BCUT2D eigenvalue weighted by Gasteiger charge is -2.09. The van der Waals surface area contributed by atoms with Gasteiger partial charge >= 0.3 is 5.97 Å². The van der Waals surface area contributed by atoms with Crippen LogP contribution in [-0.2, 0) is 9.59 Å². The quantitative estimate of drug-likeness (QED) is 0.609. The molecular weight excluding hydrogens is 166 g/mol. The molecule has 1 atom stereocenters. The molecule has 1 heterocycles. The molecule has 62 valence electrons. The number of carboxylic acid groups (broad SMARTS) is 1. The molecule has 11 heavy (non-hydrogen) atoms. The number of carboxylic acids is 1. The number of amides is 1. The molecule has 0 aromatic rings. The summed E-state index contributed by atoms with van der Waals surface area (Å²) in [5.74, 6) is -1.46. The van der Waals surface area contributed by atoms with Crippen LogP contribution in [0.4, 0.5) is 0 Å². The number of carbonyl (C=O) groups is 2. The van der Waals surface area contributed by atoms with Crippen molar-refractivity contribution in [3.8, 4) is 0 Å². The van der Waals surface area contributed by atoms with E-state index in [-0.39, 0.29) is 12.3 Å². The van der Waals surface area contributed by atoms with Crippen molar-refractivity contribution in [1.29, 1.82) is 0 Å². The van der Waals surface area contributed by atoms with E-state index in [0.717, 1.165) is 0 Å². The zero-order chi connectivity index (χ0) is 8.43. The van der Waals surface area contributed by atoms with Crippen molar-refractivity contribution in [3.05, 3.63) is 0 Å². The van der Waals surface area contributed by atoms with Crippen molar-refractivity contribution in [2.24, 2.45) is 5.92 Å². The zero-order valence-electron chi connectivity index (χ0n) is 6.11. The third kappa shape index (κ3) is 1.65. The van der Waals surface area contributed by atoms with E-state index >= 15 is 0 Å². The summed E-state index contributed by atoms with van der Waals surface area (Å²) < 4.78 is 1.48. The van der Waals surface area contributed by atoms with Crippen LogP contribution < -0.4 is 0 Å². The minimum atomic E-state index is -0.880. The minimum Gasteiger partial charge on any atom is -0.481 e. The third-order valence-corrected chi connectivity index (χ3v) is 2.45. The maximum atomic E-state index is 11.0. The fourth-order valence-corrected chi connectivity index (χ4v) is 1.63. The Morgan fingerprint density at radius 2 is 2.45 bits per heavy atom. The van der Waals surface area contributed by atoms with Crippen LogP contribution in [0, 0.1) is 5.92 Å². The van der Waals surface area contributed by atoms with Gasteiger partial charge in [-0.25, -0.2) is 0 Å². The zero-order valence-corrected chi connectivity index (χ0v) is 6.93. The molecule has 1 saturated heterocycles. The first kappa shape index (κ1) is 8.39. The average Bonchev–Trinajstić information content (AvgIpc) is 2.31. The summed E-state index contributed by atoms with van der Waals surface area (Å²) in [5.41, 5.74) is 0. The second-order valence-corrected chi connectivity index (χ2v) is 3.18. The van der Waals surface area contributed by atoms with Crippen LogP contribution >= 0.6 is 11.9 Å². The highest BCUT2D eigenvalue weighted by molar-refractivity contribution is 7.96. The molecule has 0 saturated carbocycles. The monoisotopic (exact) mass is 175 g/mol. The molecule has 0 bridgehead atoms. The molecule has 0 aromatic heterocycles. The predicted molar refractivity (Wildman–Crippen MR) is 41.0 cm³/mol. The SMILES string of the molecule is CSN1CC(C(=O)O)CC1=O. The van der Waals surface area contributed by atoms with Crippen LogP contribution in [0.1, 0.15) is 6.42 Å². The van der Waals surface area contributed by atoms with E-state index in [4.69, 9.17) is 5.11 Å². The van der Waals surface area contributed by atoms with Crippen LogP contribution in [0.3, 0.4) is 0 Å². The Morgan fingerprint density at radius 3 is 2.73 bits per heavy atom. The van der Waals surface area contributed by atoms with E-state index in [1.54, 1.807) is 6.26 Å². The lowest BCUT2D eigenvalue weighted by Crippen LogP contribution is -2.18. The van der Waals surface area contributed by atoms with Gasteiger partial charge in [0.15, 0.2) is 0 Å². The lowest BCUT2D eigenvalue weighted by molar-refractivity contribution is -0.141. The lowest BCUT2D eigenvalue weighted by atomic mass is 10.1. The molecule has 1 aliphatic rings. The fourth-order valence-electron chi connectivity index (χ4n) is 1.02. The Morgan fingerprint density at radius 1 is 1.82 bits per heavy atom.